The molecule has 0 amide bonds. The zero-order valence-electron chi connectivity index (χ0n) is 21.8. The first-order chi connectivity index (χ1) is 16.8. The fourth-order valence-corrected chi connectivity index (χ4v) is 10.1. The third kappa shape index (κ3) is 14.7. The van der Waals surface area contributed by atoms with Gasteiger partial charge in [-0.25, -0.2) is 0 Å². The van der Waals surface area contributed by atoms with Crippen LogP contribution in [0.5, 0.6) is 0 Å². The van der Waals surface area contributed by atoms with Crippen LogP contribution in [0.4, 0.5) is 0 Å². The SMILES string of the molecule is CC(C)(C)CCC(=O)OCC(COC(=O)CCN)N(CCCC1CSSC1)CCCC1CSSC1. The van der Waals surface area contributed by atoms with Crippen LogP contribution in [0.25, 0.3) is 0 Å². The predicted molar refractivity (Wildman–Crippen MR) is 155 cm³/mol. The Morgan fingerprint density at radius 3 is 1.74 bits per heavy atom. The van der Waals surface area contributed by atoms with Crippen LogP contribution in [0.2, 0.25) is 0 Å². The Balaban J connectivity index is 1.95. The molecule has 0 aromatic carbocycles. The maximum Gasteiger partial charge on any atom is 0.307 e. The Labute approximate surface area is 228 Å². The predicted octanol–water partition coefficient (Wildman–Crippen LogP) is 5.50. The average Bonchev–Trinajstić information content (AvgIpc) is 3.51. The second-order valence-corrected chi connectivity index (χ2v) is 15.9. The fraction of sp³-hybridized carbons (Fsp3) is 0.920. The lowest BCUT2D eigenvalue weighted by Gasteiger charge is -2.32. The Hall–Kier alpha value is 0.260. The molecule has 2 saturated heterocycles. The standard InChI is InChI=1S/C25H46N2O4S4/c1-25(2,3)10-8-23(28)30-14-22(15-31-24(29)9-11-26)27(12-4-6-20-16-32-33-17-20)13-5-7-21-18-34-35-19-21/h20-22H,4-19,26H2,1-3H3. The molecule has 204 valence electrons. The number of hydrogen-bond donors (Lipinski definition) is 1. The third-order valence-corrected chi connectivity index (χ3v) is 11.7. The molecule has 1 unspecified atom stereocenters. The molecule has 1 atom stereocenters. The number of rotatable bonds is 17. The molecule has 2 N–H and O–H groups in total. The van der Waals surface area contributed by atoms with Crippen LogP contribution in [0, 0.1) is 17.3 Å². The second kappa shape index (κ2) is 17.7. The van der Waals surface area contributed by atoms with E-state index in [0.717, 1.165) is 44.2 Å². The summed E-state index contributed by atoms with van der Waals surface area (Å²) in [6, 6.07) is -0.116. The molecule has 0 bridgehead atoms. The van der Waals surface area contributed by atoms with Crippen molar-refractivity contribution in [2.45, 2.75) is 71.8 Å². The maximum atomic E-state index is 12.5. The average molecular weight is 567 g/mol. The lowest BCUT2D eigenvalue weighted by atomic mass is 9.91. The van der Waals surface area contributed by atoms with Crippen LogP contribution < -0.4 is 5.73 Å². The lowest BCUT2D eigenvalue weighted by Crippen LogP contribution is -2.44. The summed E-state index contributed by atoms with van der Waals surface area (Å²) in [7, 11) is 7.93. The van der Waals surface area contributed by atoms with E-state index in [-0.39, 0.29) is 49.6 Å². The van der Waals surface area contributed by atoms with Crippen LogP contribution in [0.3, 0.4) is 0 Å². The zero-order valence-corrected chi connectivity index (χ0v) is 25.1. The van der Waals surface area contributed by atoms with Crippen molar-refractivity contribution in [3.63, 3.8) is 0 Å². The zero-order chi connectivity index (χ0) is 25.5. The van der Waals surface area contributed by atoms with E-state index in [1.807, 2.05) is 43.2 Å². The van der Waals surface area contributed by atoms with Crippen molar-refractivity contribution in [3.8, 4) is 0 Å². The molecule has 2 aliphatic rings. The highest BCUT2D eigenvalue weighted by molar-refractivity contribution is 8.77. The molecule has 6 nitrogen and oxygen atoms in total. The number of nitrogens with two attached hydrogens (primary N) is 1. The first-order valence-electron chi connectivity index (χ1n) is 13.0. The van der Waals surface area contributed by atoms with Crippen molar-refractivity contribution in [2.24, 2.45) is 23.0 Å². The molecule has 0 aliphatic carbocycles. The molecule has 0 aromatic rings. The molecule has 0 aromatic heterocycles. The Kier molecular flexibility index (Phi) is 15.9. The molecule has 2 fully saturated rings. The minimum absolute atomic E-state index is 0.0931. The van der Waals surface area contributed by atoms with Gasteiger partial charge in [-0.3, -0.25) is 14.5 Å². The van der Waals surface area contributed by atoms with Gasteiger partial charge in [0.15, 0.2) is 0 Å². The molecular weight excluding hydrogens is 521 g/mol. The van der Waals surface area contributed by atoms with Gasteiger partial charge < -0.3 is 15.2 Å². The smallest absolute Gasteiger partial charge is 0.307 e. The van der Waals surface area contributed by atoms with E-state index in [4.69, 9.17) is 15.2 Å². The molecule has 2 aliphatic heterocycles. The van der Waals surface area contributed by atoms with Gasteiger partial charge in [0.25, 0.3) is 0 Å². The molecule has 2 heterocycles. The van der Waals surface area contributed by atoms with Crippen LogP contribution in [-0.4, -0.2) is 78.7 Å². The summed E-state index contributed by atoms with van der Waals surface area (Å²) in [5.74, 6) is 6.10. The second-order valence-electron chi connectivity index (χ2n) is 10.8. The number of carbonyl (C=O) groups excluding carboxylic acids is 2. The summed E-state index contributed by atoms with van der Waals surface area (Å²) in [4.78, 5) is 26.9. The monoisotopic (exact) mass is 566 g/mol. The molecule has 2 rings (SSSR count). The highest BCUT2D eigenvalue weighted by Crippen LogP contribution is 2.37. The number of nitrogens with zero attached hydrogens (tertiary/aromatic N) is 1. The van der Waals surface area contributed by atoms with Gasteiger partial charge in [0.05, 0.1) is 12.5 Å². The van der Waals surface area contributed by atoms with Crippen LogP contribution in [0.15, 0.2) is 0 Å². The van der Waals surface area contributed by atoms with Gasteiger partial charge >= 0.3 is 11.9 Å². The highest BCUT2D eigenvalue weighted by Gasteiger charge is 2.25. The highest BCUT2D eigenvalue weighted by atomic mass is 33.1. The minimum atomic E-state index is -0.281. The van der Waals surface area contributed by atoms with Gasteiger partial charge in [-0.05, 0) is 62.4 Å². The van der Waals surface area contributed by atoms with E-state index < -0.39 is 0 Å². The van der Waals surface area contributed by atoms with E-state index in [2.05, 4.69) is 25.7 Å². The van der Waals surface area contributed by atoms with Crippen molar-refractivity contribution >= 4 is 55.1 Å². The van der Waals surface area contributed by atoms with Crippen LogP contribution in [-0.2, 0) is 19.1 Å². The van der Waals surface area contributed by atoms with Crippen molar-refractivity contribution in [2.75, 3.05) is 55.9 Å². The van der Waals surface area contributed by atoms with E-state index in [1.54, 1.807) is 0 Å². The van der Waals surface area contributed by atoms with Gasteiger partial charge in [-0.15, -0.1) is 0 Å². The van der Waals surface area contributed by atoms with Crippen molar-refractivity contribution in [3.05, 3.63) is 0 Å². The quantitative estimate of drug-likeness (QED) is 0.180. The summed E-state index contributed by atoms with van der Waals surface area (Å²) in [6.07, 6.45) is 6.09. The van der Waals surface area contributed by atoms with Crippen molar-refractivity contribution in [1.29, 1.82) is 0 Å². The van der Waals surface area contributed by atoms with E-state index >= 15 is 0 Å². The van der Waals surface area contributed by atoms with Gasteiger partial charge in [0, 0.05) is 36.0 Å². The Bertz CT molecular complexity index is 587. The van der Waals surface area contributed by atoms with Gasteiger partial charge in [-0.2, -0.15) is 0 Å². The molecule has 35 heavy (non-hydrogen) atoms. The number of carbonyl (C=O) groups is 2. The number of hydrogen-bond acceptors (Lipinski definition) is 10. The molecule has 0 saturated carbocycles. The summed E-state index contributed by atoms with van der Waals surface area (Å²) in [6.45, 7) is 9.07. The van der Waals surface area contributed by atoms with Crippen LogP contribution in [0.1, 0.15) is 65.7 Å². The van der Waals surface area contributed by atoms with E-state index in [1.165, 1.54) is 35.9 Å². The van der Waals surface area contributed by atoms with Crippen LogP contribution >= 0.6 is 43.2 Å². The largest absolute Gasteiger partial charge is 0.464 e. The summed E-state index contributed by atoms with van der Waals surface area (Å²) >= 11 is 0. The summed E-state index contributed by atoms with van der Waals surface area (Å²) < 4.78 is 11.3. The first-order valence-corrected chi connectivity index (χ1v) is 18.0. The van der Waals surface area contributed by atoms with E-state index in [9.17, 15) is 9.59 Å². The molecule has 0 spiro atoms. The van der Waals surface area contributed by atoms with Crippen molar-refractivity contribution in [1.82, 2.24) is 4.90 Å². The van der Waals surface area contributed by atoms with Gasteiger partial charge in [0.1, 0.15) is 13.2 Å². The first kappa shape index (κ1) is 31.5. The molecular formula is C25H46N2O4S4. The summed E-state index contributed by atoms with van der Waals surface area (Å²) in [5.41, 5.74) is 5.62. The van der Waals surface area contributed by atoms with Gasteiger partial charge in [-0.1, -0.05) is 63.9 Å². The summed E-state index contributed by atoms with van der Waals surface area (Å²) in [5, 5.41) is 0. The third-order valence-electron chi connectivity index (χ3n) is 6.31. The lowest BCUT2D eigenvalue weighted by molar-refractivity contribution is -0.150. The molecule has 0 radical (unpaired) electrons. The van der Waals surface area contributed by atoms with E-state index in [0.29, 0.717) is 6.42 Å². The fourth-order valence-electron chi connectivity index (χ4n) is 4.03. The minimum Gasteiger partial charge on any atom is -0.464 e. The van der Waals surface area contributed by atoms with Crippen molar-refractivity contribution < 1.29 is 19.1 Å². The molecule has 10 heteroatoms. The van der Waals surface area contributed by atoms with Gasteiger partial charge in [0.2, 0.25) is 0 Å². The Morgan fingerprint density at radius 1 is 0.857 bits per heavy atom. The number of ether oxygens (including phenoxy) is 2. The normalized spacial score (nSPS) is 18.3. The topological polar surface area (TPSA) is 81.9 Å². The number of esters is 2. The maximum absolute atomic E-state index is 12.5. The Morgan fingerprint density at radius 2 is 1.31 bits per heavy atom.